The standard InChI is InChI=1S/C18H28N2O2/c1-19(2)16-12-20(13-17(16)21)11-14-7-3-6-10-18(14)22-15-8-4-5-9-15/h3,6-7,10,15-17,21H,4-5,8-9,11-13H2,1-2H3/t16-,17-/m1/s1. The highest BCUT2D eigenvalue weighted by molar-refractivity contribution is 5.33. The highest BCUT2D eigenvalue weighted by Crippen LogP contribution is 2.28. The second kappa shape index (κ2) is 6.99. The van der Waals surface area contributed by atoms with Gasteiger partial charge >= 0.3 is 0 Å². The summed E-state index contributed by atoms with van der Waals surface area (Å²) in [5.74, 6) is 1.03. The molecule has 3 rings (SSSR count). The Morgan fingerprint density at radius 1 is 1.18 bits per heavy atom. The molecule has 1 saturated carbocycles. The first kappa shape index (κ1) is 15.8. The van der Waals surface area contributed by atoms with Crippen molar-refractivity contribution in [1.29, 1.82) is 0 Å². The Kier molecular flexibility index (Phi) is 5.01. The van der Waals surface area contributed by atoms with Crippen molar-refractivity contribution in [2.45, 2.75) is 50.5 Å². The minimum atomic E-state index is -0.266. The summed E-state index contributed by atoms with van der Waals surface area (Å²) in [5, 5.41) is 10.2. The fraction of sp³-hybridized carbons (Fsp3) is 0.667. The molecule has 22 heavy (non-hydrogen) atoms. The number of likely N-dealkylation sites (tertiary alicyclic amines) is 1. The Bertz CT molecular complexity index is 486. The molecule has 0 unspecified atom stereocenters. The van der Waals surface area contributed by atoms with Crippen LogP contribution in [0.25, 0.3) is 0 Å². The highest BCUT2D eigenvalue weighted by atomic mass is 16.5. The van der Waals surface area contributed by atoms with Gasteiger partial charge < -0.3 is 14.7 Å². The molecule has 1 aliphatic heterocycles. The van der Waals surface area contributed by atoms with Gasteiger partial charge in [0.2, 0.25) is 0 Å². The van der Waals surface area contributed by atoms with E-state index < -0.39 is 0 Å². The summed E-state index contributed by atoms with van der Waals surface area (Å²) in [4.78, 5) is 4.44. The summed E-state index contributed by atoms with van der Waals surface area (Å²) in [6, 6.07) is 8.59. The lowest BCUT2D eigenvalue weighted by Crippen LogP contribution is -2.37. The van der Waals surface area contributed by atoms with E-state index in [1.165, 1.54) is 31.2 Å². The third-order valence-electron chi connectivity index (χ3n) is 4.96. The van der Waals surface area contributed by atoms with Crippen LogP contribution in [0.1, 0.15) is 31.2 Å². The van der Waals surface area contributed by atoms with E-state index in [9.17, 15) is 5.11 Å². The molecule has 1 aromatic carbocycles. The molecule has 4 heteroatoms. The van der Waals surface area contributed by atoms with Crippen LogP contribution in [0.15, 0.2) is 24.3 Å². The maximum atomic E-state index is 10.2. The van der Waals surface area contributed by atoms with Gasteiger partial charge in [-0.2, -0.15) is 0 Å². The van der Waals surface area contributed by atoms with Crippen LogP contribution < -0.4 is 4.74 Å². The number of para-hydroxylation sites is 1. The van der Waals surface area contributed by atoms with Gasteiger partial charge in [-0.15, -0.1) is 0 Å². The summed E-state index contributed by atoms with van der Waals surface area (Å²) in [5.41, 5.74) is 1.24. The Morgan fingerprint density at radius 2 is 1.91 bits per heavy atom. The lowest BCUT2D eigenvalue weighted by molar-refractivity contribution is 0.112. The first-order valence-corrected chi connectivity index (χ1v) is 8.45. The molecule has 0 radical (unpaired) electrons. The van der Waals surface area contributed by atoms with Gasteiger partial charge in [0.25, 0.3) is 0 Å². The fourth-order valence-electron chi connectivity index (χ4n) is 3.66. The Balaban J connectivity index is 1.65. The van der Waals surface area contributed by atoms with Crippen LogP contribution in [-0.4, -0.2) is 60.3 Å². The largest absolute Gasteiger partial charge is 0.490 e. The van der Waals surface area contributed by atoms with Crippen LogP contribution in [0.5, 0.6) is 5.75 Å². The fourth-order valence-corrected chi connectivity index (χ4v) is 3.66. The minimum absolute atomic E-state index is 0.225. The molecule has 0 spiro atoms. The van der Waals surface area contributed by atoms with Crippen LogP contribution in [0.2, 0.25) is 0 Å². The van der Waals surface area contributed by atoms with Crippen molar-refractivity contribution in [3.63, 3.8) is 0 Å². The minimum Gasteiger partial charge on any atom is -0.490 e. The van der Waals surface area contributed by atoms with Gasteiger partial charge in [0.05, 0.1) is 12.2 Å². The molecule has 4 nitrogen and oxygen atoms in total. The van der Waals surface area contributed by atoms with Crippen molar-refractivity contribution in [1.82, 2.24) is 9.80 Å². The van der Waals surface area contributed by atoms with Crippen molar-refractivity contribution in [2.24, 2.45) is 0 Å². The first-order chi connectivity index (χ1) is 10.6. The second-order valence-electron chi connectivity index (χ2n) is 6.92. The van der Waals surface area contributed by atoms with E-state index in [0.717, 1.165) is 25.4 Å². The third-order valence-corrected chi connectivity index (χ3v) is 4.96. The van der Waals surface area contributed by atoms with E-state index in [-0.39, 0.29) is 12.1 Å². The van der Waals surface area contributed by atoms with Crippen molar-refractivity contribution >= 4 is 0 Å². The number of aliphatic hydroxyl groups excluding tert-OH is 1. The average molecular weight is 304 g/mol. The molecule has 1 heterocycles. The number of rotatable bonds is 5. The normalized spacial score (nSPS) is 26.9. The quantitative estimate of drug-likeness (QED) is 0.904. The molecule has 2 aliphatic rings. The Hall–Kier alpha value is -1.10. The van der Waals surface area contributed by atoms with Gasteiger partial charge in [-0.25, -0.2) is 0 Å². The average Bonchev–Trinajstić information content (AvgIpc) is 3.11. The number of likely N-dealkylation sites (N-methyl/N-ethyl adjacent to an activating group) is 1. The molecule has 1 saturated heterocycles. The topological polar surface area (TPSA) is 35.9 Å². The Labute approximate surface area is 133 Å². The van der Waals surface area contributed by atoms with Gasteiger partial charge in [-0.05, 0) is 45.8 Å². The smallest absolute Gasteiger partial charge is 0.124 e. The van der Waals surface area contributed by atoms with E-state index in [1.807, 2.05) is 14.1 Å². The van der Waals surface area contributed by atoms with Crippen LogP contribution >= 0.6 is 0 Å². The van der Waals surface area contributed by atoms with E-state index in [1.54, 1.807) is 0 Å². The number of nitrogens with zero attached hydrogens (tertiary/aromatic N) is 2. The zero-order valence-electron chi connectivity index (χ0n) is 13.7. The molecule has 1 N–H and O–H groups in total. The highest BCUT2D eigenvalue weighted by Gasteiger charge is 2.32. The summed E-state index contributed by atoms with van der Waals surface area (Å²) in [6.45, 7) is 2.50. The number of hydrogen-bond donors (Lipinski definition) is 1. The first-order valence-electron chi connectivity index (χ1n) is 8.45. The van der Waals surface area contributed by atoms with E-state index >= 15 is 0 Å². The molecule has 1 aliphatic carbocycles. The van der Waals surface area contributed by atoms with E-state index in [0.29, 0.717) is 6.10 Å². The molecule has 2 fully saturated rings. The number of aliphatic hydroxyl groups is 1. The van der Waals surface area contributed by atoms with Crippen LogP contribution in [0.4, 0.5) is 0 Å². The van der Waals surface area contributed by atoms with Gasteiger partial charge in [0.1, 0.15) is 5.75 Å². The van der Waals surface area contributed by atoms with Crippen molar-refractivity contribution in [3.8, 4) is 5.75 Å². The van der Waals surface area contributed by atoms with Crippen LogP contribution in [0, 0.1) is 0 Å². The lowest BCUT2D eigenvalue weighted by Gasteiger charge is -2.22. The maximum Gasteiger partial charge on any atom is 0.124 e. The zero-order valence-corrected chi connectivity index (χ0v) is 13.7. The zero-order chi connectivity index (χ0) is 15.5. The molecular weight excluding hydrogens is 276 g/mol. The third kappa shape index (κ3) is 3.62. The predicted molar refractivity (Wildman–Crippen MR) is 88.1 cm³/mol. The molecule has 122 valence electrons. The van der Waals surface area contributed by atoms with Crippen molar-refractivity contribution in [2.75, 3.05) is 27.2 Å². The van der Waals surface area contributed by atoms with Gasteiger partial charge in [-0.1, -0.05) is 18.2 Å². The Morgan fingerprint density at radius 3 is 2.59 bits per heavy atom. The molecule has 0 bridgehead atoms. The maximum absolute atomic E-state index is 10.2. The van der Waals surface area contributed by atoms with Gasteiger partial charge in [-0.3, -0.25) is 4.90 Å². The molecular formula is C18H28N2O2. The predicted octanol–water partition coefficient (Wildman–Crippen LogP) is 2.11. The second-order valence-corrected chi connectivity index (χ2v) is 6.92. The number of benzene rings is 1. The number of ether oxygens (including phenoxy) is 1. The van der Waals surface area contributed by atoms with E-state index in [2.05, 4.69) is 34.1 Å². The van der Waals surface area contributed by atoms with Crippen molar-refractivity contribution in [3.05, 3.63) is 29.8 Å². The van der Waals surface area contributed by atoms with Crippen LogP contribution in [0.3, 0.4) is 0 Å². The molecule has 0 amide bonds. The van der Waals surface area contributed by atoms with Crippen LogP contribution in [-0.2, 0) is 6.54 Å². The summed E-state index contributed by atoms with van der Waals surface area (Å²) in [7, 11) is 4.07. The monoisotopic (exact) mass is 304 g/mol. The number of hydrogen-bond acceptors (Lipinski definition) is 4. The van der Waals surface area contributed by atoms with Gasteiger partial charge in [0.15, 0.2) is 0 Å². The van der Waals surface area contributed by atoms with Gasteiger partial charge in [0, 0.05) is 31.2 Å². The lowest BCUT2D eigenvalue weighted by atomic mass is 10.2. The van der Waals surface area contributed by atoms with E-state index in [4.69, 9.17) is 4.74 Å². The number of β-amino-alcohol motifs (C(OH)–C–C–N with tert-alkyl or cyclic N) is 1. The van der Waals surface area contributed by atoms with Crippen molar-refractivity contribution < 1.29 is 9.84 Å². The summed E-state index contributed by atoms with van der Waals surface area (Å²) in [6.07, 6.45) is 5.06. The molecule has 2 atom stereocenters. The SMILES string of the molecule is CN(C)[C@@H]1CN(Cc2ccccc2OC2CCCC2)C[C@H]1O. The molecule has 1 aromatic rings. The summed E-state index contributed by atoms with van der Waals surface area (Å²) < 4.78 is 6.22. The molecule has 0 aromatic heterocycles. The summed E-state index contributed by atoms with van der Waals surface area (Å²) >= 11 is 0.